The van der Waals surface area contributed by atoms with Gasteiger partial charge >= 0.3 is 17.1 Å². The fourth-order valence-corrected chi connectivity index (χ4v) is 9.77. The molecule has 0 aliphatic carbocycles. The minimum absolute atomic E-state index is 0.0286. The van der Waals surface area contributed by atoms with Crippen molar-refractivity contribution in [3.8, 4) is 0 Å². The van der Waals surface area contributed by atoms with Crippen LogP contribution in [0.1, 0.15) is 94.8 Å². The number of hydrogen-bond donors (Lipinski definition) is 5. The molecule has 4 aliphatic heterocycles. The van der Waals surface area contributed by atoms with Gasteiger partial charge in [-0.1, -0.05) is 70.1 Å². The molecule has 0 spiro atoms. The van der Waals surface area contributed by atoms with Gasteiger partial charge in [0.15, 0.2) is 18.1 Å². The van der Waals surface area contributed by atoms with E-state index in [4.69, 9.17) is 39.7 Å². The summed E-state index contributed by atoms with van der Waals surface area (Å²) in [4.78, 5) is 114. The summed E-state index contributed by atoms with van der Waals surface area (Å²) in [5.74, 6) is -0.692. The van der Waals surface area contributed by atoms with Gasteiger partial charge < -0.3 is 39.5 Å². The van der Waals surface area contributed by atoms with E-state index >= 15 is 0 Å². The first kappa shape index (κ1) is 55.1. The van der Waals surface area contributed by atoms with Crippen LogP contribution in [0.15, 0.2) is 82.8 Å². The number of H-pyrrole nitrogens is 3. The zero-order chi connectivity index (χ0) is 53.6. The number of carbonyl (C=O) groups is 3. The van der Waals surface area contributed by atoms with Crippen LogP contribution in [0, 0.1) is 32.6 Å². The number of hydrogen-bond acceptors (Lipinski definition) is 17. The fraction of sp³-hybridized carbons (Fsp3) is 0.553. The molecule has 394 valence electrons. The van der Waals surface area contributed by atoms with Crippen LogP contribution in [0.4, 0.5) is 0 Å². The van der Waals surface area contributed by atoms with Crippen molar-refractivity contribution < 1.29 is 42.8 Å². The number of carbonyl (C=O) groups excluding carboxylic acids is 3. The highest BCUT2D eigenvalue weighted by atomic mass is 16.6. The third-order valence-electron chi connectivity index (χ3n) is 14.4. The number of amides is 1. The number of benzene rings is 1. The monoisotopic (exact) mass is 1020 g/mol. The number of rotatable bonds is 16. The first-order chi connectivity index (χ1) is 34.7. The van der Waals surface area contributed by atoms with Crippen LogP contribution in [-0.2, 0) is 49.4 Å². The Morgan fingerprint density at radius 1 is 0.699 bits per heavy atom. The molecule has 0 saturated carbocycles. The first-order valence-corrected chi connectivity index (χ1v) is 23.6. The van der Waals surface area contributed by atoms with Gasteiger partial charge in [-0.05, 0) is 51.1 Å². The van der Waals surface area contributed by atoms with E-state index in [2.05, 4.69) is 30.3 Å². The summed E-state index contributed by atoms with van der Waals surface area (Å²) in [5.41, 5.74) is 11.2. The molecule has 3 unspecified atom stereocenters. The fourth-order valence-electron chi connectivity index (χ4n) is 9.77. The summed E-state index contributed by atoms with van der Waals surface area (Å²) in [5, 5.41) is 6.67. The minimum atomic E-state index is -1.16. The SMILES string of the molecule is CC[C@@]1(COC=O)O[C@@H](n2cc(C)c(=O)[nH]c2=O)C(N)[C@H]1C.CC[C@@]1(COC=O)O[C@@H](n2cc(C)c(=O)[nH]c2=O)C(N=[N+]=[N-])[C@H]1C.CC[C@]12O[C@@H](n3cc(C)c(=O)[nH]c3=O)C(NC1=O)[C@H]2OCc1ccccc1. The van der Waals surface area contributed by atoms with Crippen molar-refractivity contribution in [1.82, 2.24) is 34.0 Å². The van der Waals surface area contributed by atoms with Crippen LogP contribution in [0.2, 0.25) is 0 Å². The number of azide groups is 1. The molecule has 4 aromatic rings. The van der Waals surface area contributed by atoms with Gasteiger partial charge in [-0.2, -0.15) is 0 Å². The van der Waals surface area contributed by atoms with E-state index in [1.165, 1.54) is 32.3 Å². The van der Waals surface area contributed by atoms with Crippen LogP contribution in [-0.4, -0.2) is 102 Å². The number of fused-ring (bicyclic) bond motifs is 2. The summed E-state index contributed by atoms with van der Waals surface area (Å²) in [6.45, 7) is 15.1. The number of aromatic nitrogens is 6. The molecule has 7 heterocycles. The maximum Gasteiger partial charge on any atom is 0.330 e. The average molecular weight is 1020 g/mol. The van der Waals surface area contributed by atoms with Gasteiger partial charge in [-0.15, -0.1) is 0 Å². The van der Waals surface area contributed by atoms with Gasteiger partial charge in [0.2, 0.25) is 0 Å². The first-order valence-electron chi connectivity index (χ1n) is 23.6. The summed E-state index contributed by atoms with van der Waals surface area (Å²) in [6.07, 6.45) is 2.79. The van der Waals surface area contributed by atoms with Crippen molar-refractivity contribution >= 4 is 18.9 Å². The Bertz CT molecular complexity index is 3070. The molecule has 1 amide bonds. The molecular formula is C47H61N11O15. The third-order valence-corrected chi connectivity index (χ3v) is 14.4. The summed E-state index contributed by atoms with van der Waals surface area (Å²) >= 11 is 0. The van der Waals surface area contributed by atoms with Crippen molar-refractivity contribution in [2.24, 2.45) is 22.7 Å². The van der Waals surface area contributed by atoms with Crippen molar-refractivity contribution in [1.29, 1.82) is 0 Å². The van der Waals surface area contributed by atoms with Crippen molar-refractivity contribution in [3.05, 3.63) is 144 Å². The summed E-state index contributed by atoms with van der Waals surface area (Å²) < 4.78 is 37.8. The Kier molecular flexibility index (Phi) is 17.1. The number of aromatic amines is 3. The number of aryl methyl sites for hydroxylation is 3. The van der Waals surface area contributed by atoms with E-state index in [-0.39, 0.29) is 31.0 Å². The Morgan fingerprint density at radius 2 is 1.16 bits per heavy atom. The van der Waals surface area contributed by atoms with Crippen molar-refractivity contribution in [3.63, 3.8) is 0 Å². The van der Waals surface area contributed by atoms with Crippen molar-refractivity contribution in [2.75, 3.05) is 13.2 Å². The van der Waals surface area contributed by atoms with Crippen LogP contribution >= 0.6 is 0 Å². The standard InChI is InChI=1S/C19H21N3O5.C14H19N5O5.C14H21N3O5/c1-3-19-14(26-10-12-7-5-4-6-8-12)13(20-17(19)24)16(27-19)22-9-11(2)15(23)21-18(22)25;1-4-14(6-23-7-20)9(3)10(17-18-15)12(24-14)19-5-8(2)11(21)16-13(19)22;1-4-14(6-21-7-18)9(3)10(15)12(22-14)17-5-8(2)11(19)16-13(17)20/h4-9,13-14,16H,3,10H2,1-2H3,(H,20,24)(H,21,23,25);5,7,9-10,12H,4,6H2,1-3H3,(H,16,21,22);5,7,9-10,12H,4,6,15H2,1-3H3,(H,16,19,20)/t13?,14-,16-,19-;2*9-,10?,12-,14+/m111/s1. The maximum atomic E-state index is 12.5. The highest BCUT2D eigenvalue weighted by molar-refractivity contribution is 5.90. The molecule has 4 fully saturated rings. The molecule has 1 aromatic carbocycles. The second-order valence-electron chi connectivity index (χ2n) is 18.4. The summed E-state index contributed by atoms with van der Waals surface area (Å²) in [6, 6.07) is 7.95. The van der Waals surface area contributed by atoms with Crippen LogP contribution in [0.3, 0.4) is 0 Å². The van der Waals surface area contributed by atoms with Gasteiger partial charge in [-0.3, -0.25) is 57.4 Å². The zero-order valence-electron chi connectivity index (χ0n) is 41.6. The van der Waals surface area contributed by atoms with Crippen LogP contribution in [0.5, 0.6) is 0 Å². The molecular weight excluding hydrogens is 959 g/mol. The lowest BCUT2D eigenvalue weighted by Gasteiger charge is -2.31. The number of nitrogens with zero attached hydrogens (tertiary/aromatic N) is 6. The smallest absolute Gasteiger partial charge is 0.330 e. The molecule has 6 N–H and O–H groups in total. The Labute approximate surface area is 415 Å². The van der Waals surface area contributed by atoms with E-state index in [0.717, 1.165) is 5.56 Å². The predicted molar refractivity (Wildman–Crippen MR) is 258 cm³/mol. The van der Waals surface area contributed by atoms with Gasteiger partial charge in [0.25, 0.3) is 35.5 Å². The number of nitrogens with two attached hydrogens (primary N) is 1. The lowest BCUT2D eigenvalue weighted by Crippen LogP contribution is -2.50. The topological polar surface area (TPSA) is 358 Å². The van der Waals surface area contributed by atoms with Crippen LogP contribution < -0.4 is 44.8 Å². The number of morpholine rings is 1. The molecule has 3 aromatic heterocycles. The molecule has 8 rings (SSSR count). The maximum absolute atomic E-state index is 12.5. The molecule has 73 heavy (non-hydrogen) atoms. The van der Waals surface area contributed by atoms with Gasteiger partial charge in [0.1, 0.15) is 42.8 Å². The zero-order valence-corrected chi connectivity index (χ0v) is 41.6. The number of ether oxygens (including phenoxy) is 6. The normalized spacial score (nSPS) is 29.7. The van der Waals surface area contributed by atoms with Crippen LogP contribution in [0.25, 0.3) is 10.4 Å². The lowest BCUT2D eigenvalue weighted by molar-refractivity contribution is -0.165. The Hall–Kier alpha value is -7.22. The molecule has 26 heteroatoms. The Balaban J connectivity index is 0.000000180. The molecule has 4 saturated heterocycles. The highest BCUT2D eigenvalue weighted by Crippen LogP contribution is 2.47. The molecule has 2 bridgehead atoms. The van der Waals surface area contributed by atoms with Crippen molar-refractivity contribution in [2.45, 2.75) is 141 Å². The molecule has 0 radical (unpaired) electrons. The van der Waals surface area contributed by atoms with E-state index in [1.54, 1.807) is 27.7 Å². The van der Waals surface area contributed by atoms with Gasteiger partial charge in [-0.25, -0.2) is 14.4 Å². The quantitative estimate of drug-likeness (QED) is 0.0457. The van der Waals surface area contributed by atoms with E-state index < -0.39 is 93.5 Å². The predicted octanol–water partition coefficient (Wildman–Crippen LogP) is 1.28. The third kappa shape index (κ3) is 10.7. The van der Waals surface area contributed by atoms with E-state index in [9.17, 15) is 43.2 Å². The summed E-state index contributed by atoms with van der Waals surface area (Å²) in [7, 11) is 0. The van der Waals surface area contributed by atoms with E-state index in [0.29, 0.717) is 55.5 Å². The Morgan fingerprint density at radius 3 is 1.63 bits per heavy atom. The molecule has 12 atom stereocenters. The number of nitrogens with one attached hydrogen (secondary N) is 4. The van der Waals surface area contributed by atoms with Gasteiger partial charge in [0.05, 0.1) is 18.7 Å². The average Bonchev–Trinajstić information content (AvgIpc) is 4.02. The van der Waals surface area contributed by atoms with Gasteiger partial charge in [0, 0.05) is 52.0 Å². The van der Waals surface area contributed by atoms with E-state index in [1.807, 2.05) is 58.0 Å². The molecule has 26 nitrogen and oxygen atoms in total. The lowest BCUT2D eigenvalue weighted by atomic mass is 9.84. The second-order valence-corrected chi connectivity index (χ2v) is 18.4. The largest absolute Gasteiger partial charge is 0.465 e. The molecule has 4 aliphatic rings. The highest BCUT2D eigenvalue weighted by Gasteiger charge is 2.66. The second kappa shape index (κ2) is 22.7. The minimum Gasteiger partial charge on any atom is -0.465 e.